The number of carbonyl (C=O) groups is 1. The minimum atomic E-state index is -1.09. The topological polar surface area (TPSA) is 29.1 Å². The summed E-state index contributed by atoms with van der Waals surface area (Å²) in [4.78, 5) is 11.8. The van der Waals surface area contributed by atoms with Gasteiger partial charge in [-0.3, -0.25) is 4.79 Å². The maximum Gasteiger partial charge on any atom is 0.258 e. The molecule has 2 aromatic rings. The van der Waals surface area contributed by atoms with Crippen molar-refractivity contribution in [1.29, 1.82) is 0 Å². The van der Waals surface area contributed by atoms with Crippen molar-refractivity contribution in [2.45, 2.75) is 0 Å². The molecule has 0 saturated heterocycles. The fraction of sp³-hybridized carbons (Fsp3) is 0. The molecular weight excluding hydrogens is 323 g/mol. The zero-order chi connectivity index (χ0) is 14.0. The molecule has 0 spiro atoms. The average molecular weight is 330 g/mol. The van der Waals surface area contributed by atoms with Gasteiger partial charge in [-0.2, -0.15) is 0 Å². The highest BCUT2D eigenvalue weighted by Crippen LogP contribution is 2.18. The third kappa shape index (κ3) is 3.14. The summed E-state index contributed by atoms with van der Waals surface area (Å²) < 4.78 is 39.7. The molecule has 0 atom stereocenters. The van der Waals surface area contributed by atoms with Crippen LogP contribution in [0.4, 0.5) is 18.9 Å². The zero-order valence-corrected chi connectivity index (χ0v) is 11.0. The minimum absolute atomic E-state index is 0.0474. The van der Waals surface area contributed by atoms with E-state index in [0.29, 0.717) is 4.47 Å². The van der Waals surface area contributed by atoms with Crippen molar-refractivity contribution in [2.24, 2.45) is 0 Å². The average Bonchev–Trinajstić information content (AvgIpc) is 2.33. The third-order valence-corrected chi connectivity index (χ3v) is 2.85. The van der Waals surface area contributed by atoms with E-state index >= 15 is 0 Å². The van der Waals surface area contributed by atoms with Gasteiger partial charge in [0.1, 0.15) is 5.82 Å². The Morgan fingerprint density at radius 1 is 0.947 bits per heavy atom. The van der Waals surface area contributed by atoms with Crippen molar-refractivity contribution in [3.63, 3.8) is 0 Å². The second-order valence-electron chi connectivity index (χ2n) is 3.71. The molecule has 0 unspecified atom stereocenters. The van der Waals surface area contributed by atoms with Gasteiger partial charge in [0.05, 0.1) is 5.56 Å². The molecule has 6 heteroatoms. The molecule has 0 aromatic heterocycles. The van der Waals surface area contributed by atoms with E-state index < -0.39 is 23.4 Å². The normalized spacial score (nSPS) is 10.3. The fourth-order valence-electron chi connectivity index (χ4n) is 1.45. The van der Waals surface area contributed by atoms with Crippen molar-refractivity contribution in [2.75, 3.05) is 5.32 Å². The summed E-state index contributed by atoms with van der Waals surface area (Å²) in [6.45, 7) is 0. The Kier molecular flexibility index (Phi) is 3.90. The third-order valence-electron chi connectivity index (χ3n) is 2.35. The lowest BCUT2D eigenvalue weighted by molar-refractivity contribution is 0.102. The number of benzene rings is 2. The highest BCUT2D eigenvalue weighted by molar-refractivity contribution is 9.10. The molecule has 0 aliphatic rings. The number of anilines is 1. The van der Waals surface area contributed by atoms with Gasteiger partial charge in [0.25, 0.3) is 5.91 Å². The second-order valence-corrected chi connectivity index (χ2v) is 4.62. The van der Waals surface area contributed by atoms with E-state index in [1.54, 1.807) is 0 Å². The Morgan fingerprint density at radius 2 is 1.68 bits per heavy atom. The van der Waals surface area contributed by atoms with E-state index in [4.69, 9.17) is 0 Å². The van der Waals surface area contributed by atoms with Crippen LogP contribution in [0.2, 0.25) is 0 Å². The molecule has 1 amide bonds. The molecule has 19 heavy (non-hydrogen) atoms. The number of amides is 1. The number of nitrogens with one attached hydrogen (secondary N) is 1. The zero-order valence-electron chi connectivity index (χ0n) is 9.38. The molecule has 0 aliphatic carbocycles. The summed E-state index contributed by atoms with van der Waals surface area (Å²) >= 11 is 3.07. The van der Waals surface area contributed by atoms with Gasteiger partial charge in [0.2, 0.25) is 0 Å². The summed E-state index contributed by atoms with van der Waals surface area (Å²) in [5, 5.41) is 2.29. The van der Waals surface area contributed by atoms with Crippen LogP contribution in [0, 0.1) is 17.5 Å². The van der Waals surface area contributed by atoms with Crippen LogP contribution in [0.5, 0.6) is 0 Å². The quantitative estimate of drug-likeness (QED) is 0.882. The number of hydrogen-bond donors (Lipinski definition) is 1. The maximum absolute atomic E-state index is 13.5. The van der Waals surface area contributed by atoms with Gasteiger partial charge in [-0.05, 0) is 30.3 Å². The molecule has 2 rings (SSSR count). The van der Waals surface area contributed by atoms with Gasteiger partial charge in [-0.25, -0.2) is 13.2 Å². The van der Waals surface area contributed by atoms with Crippen LogP contribution in [-0.2, 0) is 0 Å². The van der Waals surface area contributed by atoms with Crippen LogP contribution < -0.4 is 5.32 Å². The van der Waals surface area contributed by atoms with Gasteiger partial charge in [0.15, 0.2) is 11.6 Å². The lowest BCUT2D eigenvalue weighted by Crippen LogP contribution is -2.14. The Morgan fingerprint density at radius 3 is 2.32 bits per heavy atom. The van der Waals surface area contributed by atoms with Crippen LogP contribution >= 0.6 is 15.9 Å². The minimum Gasteiger partial charge on any atom is -0.322 e. The van der Waals surface area contributed by atoms with E-state index in [1.165, 1.54) is 18.2 Å². The lowest BCUT2D eigenvalue weighted by Gasteiger charge is -2.06. The summed E-state index contributed by atoms with van der Waals surface area (Å²) in [5.41, 5.74) is -0.140. The maximum atomic E-state index is 13.5. The van der Waals surface area contributed by atoms with Gasteiger partial charge in [0, 0.05) is 16.2 Å². The number of rotatable bonds is 2. The second kappa shape index (κ2) is 5.44. The Balaban J connectivity index is 2.23. The van der Waals surface area contributed by atoms with Gasteiger partial charge in [-0.15, -0.1) is 0 Å². The SMILES string of the molecule is O=C(Nc1ccc(F)c(F)c1)c1ccc(Br)cc1F. The van der Waals surface area contributed by atoms with Crippen molar-refractivity contribution in [1.82, 2.24) is 0 Å². The van der Waals surface area contributed by atoms with E-state index in [2.05, 4.69) is 21.2 Å². The Labute approximate surface area is 115 Å². The van der Waals surface area contributed by atoms with Crippen molar-refractivity contribution >= 4 is 27.5 Å². The van der Waals surface area contributed by atoms with Crippen LogP contribution in [0.25, 0.3) is 0 Å². The Bertz CT molecular complexity index is 646. The van der Waals surface area contributed by atoms with E-state index in [-0.39, 0.29) is 11.3 Å². The van der Waals surface area contributed by atoms with Crippen LogP contribution in [0.15, 0.2) is 40.9 Å². The van der Waals surface area contributed by atoms with Gasteiger partial charge in [-0.1, -0.05) is 15.9 Å². The molecule has 2 nitrogen and oxygen atoms in total. The first-order valence-electron chi connectivity index (χ1n) is 5.19. The summed E-state index contributed by atoms with van der Waals surface area (Å²) in [5.74, 6) is -3.56. The van der Waals surface area contributed by atoms with Gasteiger partial charge < -0.3 is 5.32 Å². The fourth-order valence-corrected chi connectivity index (χ4v) is 1.78. The number of halogens is 4. The van der Waals surface area contributed by atoms with Crippen LogP contribution in [0.3, 0.4) is 0 Å². The smallest absolute Gasteiger partial charge is 0.258 e. The molecule has 2 aromatic carbocycles. The lowest BCUT2D eigenvalue weighted by atomic mass is 10.2. The molecule has 0 radical (unpaired) electrons. The molecular formula is C13H7BrF3NO. The molecule has 0 heterocycles. The molecule has 1 N–H and O–H groups in total. The predicted molar refractivity (Wildman–Crippen MR) is 68.4 cm³/mol. The van der Waals surface area contributed by atoms with E-state index in [0.717, 1.165) is 18.2 Å². The van der Waals surface area contributed by atoms with Crippen molar-refractivity contribution in [3.05, 3.63) is 63.9 Å². The first kappa shape index (κ1) is 13.6. The first-order chi connectivity index (χ1) is 8.97. The van der Waals surface area contributed by atoms with Crippen molar-refractivity contribution < 1.29 is 18.0 Å². The van der Waals surface area contributed by atoms with E-state index in [9.17, 15) is 18.0 Å². The summed E-state index contributed by atoms with van der Waals surface area (Å²) in [6.07, 6.45) is 0. The predicted octanol–water partition coefficient (Wildman–Crippen LogP) is 4.12. The summed E-state index contributed by atoms with van der Waals surface area (Å²) in [7, 11) is 0. The number of hydrogen-bond acceptors (Lipinski definition) is 1. The van der Waals surface area contributed by atoms with Crippen molar-refractivity contribution in [3.8, 4) is 0 Å². The molecule has 0 bridgehead atoms. The largest absolute Gasteiger partial charge is 0.322 e. The molecule has 0 aliphatic heterocycles. The van der Waals surface area contributed by atoms with Crippen LogP contribution in [-0.4, -0.2) is 5.91 Å². The van der Waals surface area contributed by atoms with Gasteiger partial charge >= 0.3 is 0 Å². The van der Waals surface area contributed by atoms with E-state index in [1.807, 2.05) is 0 Å². The molecule has 0 fully saturated rings. The first-order valence-corrected chi connectivity index (χ1v) is 5.98. The van der Waals surface area contributed by atoms with Crippen LogP contribution in [0.1, 0.15) is 10.4 Å². The highest BCUT2D eigenvalue weighted by Gasteiger charge is 2.13. The molecule has 0 saturated carbocycles. The summed E-state index contributed by atoms with van der Waals surface area (Å²) in [6, 6.07) is 6.82. The Hall–Kier alpha value is -1.82. The molecule has 98 valence electrons. The number of carbonyl (C=O) groups excluding carboxylic acids is 1. The standard InChI is InChI=1S/C13H7BrF3NO/c14-7-1-3-9(11(16)5-7)13(19)18-8-2-4-10(15)12(17)6-8/h1-6H,(H,18,19). The highest BCUT2D eigenvalue weighted by atomic mass is 79.9. The monoisotopic (exact) mass is 329 g/mol.